The largest absolute Gasteiger partial charge is 0.394 e. The highest BCUT2D eigenvalue weighted by Gasteiger charge is 2.35. The van der Waals surface area contributed by atoms with Crippen molar-refractivity contribution in [1.29, 1.82) is 0 Å². The molecule has 3 heterocycles. The van der Waals surface area contributed by atoms with Gasteiger partial charge in [-0.05, 0) is 30.5 Å². The number of aliphatic hydroxyl groups is 2. The third kappa shape index (κ3) is 4.02. The molecular formula is C20H26N6O3. The molecule has 0 spiro atoms. The normalized spacial score (nSPS) is 21.7. The summed E-state index contributed by atoms with van der Waals surface area (Å²) in [7, 11) is 0. The van der Waals surface area contributed by atoms with Gasteiger partial charge in [-0.3, -0.25) is 4.57 Å². The second-order valence-corrected chi connectivity index (χ2v) is 7.30. The summed E-state index contributed by atoms with van der Waals surface area (Å²) in [4.78, 5) is 13.2. The second-order valence-electron chi connectivity index (χ2n) is 7.30. The van der Waals surface area contributed by atoms with Crippen LogP contribution in [0, 0.1) is 0 Å². The van der Waals surface area contributed by atoms with E-state index in [0.717, 1.165) is 12.1 Å². The van der Waals surface area contributed by atoms with Crippen molar-refractivity contribution in [3.63, 3.8) is 0 Å². The van der Waals surface area contributed by atoms with E-state index in [-0.39, 0.29) is 12.4 Å². The monoisotopic (exact) mass is 398 g/mol. The molecule has 0 radical (unpaired) electrons. The van der Waals surface area contributed by atoms with Gasteiger partial charge in [0.1, 0.15) is 17.8 Å². The quantitative estimate of drug-likeness (QED) is 0.476. The zero-order valence-electron chi connectivity index (χ0n) is 16.3. The van der Waals surface area contributed by atoms with Gasteiger partial charge in [0.2, 0.25) is 5.95 Å². The Balaban J connectivity index is 1.58. The predicted molar refractivity (Wildman–Crippen MR) is 110 cm³/mol. The van der Waals surface area contributed by atoms with E-state index in [0.29, 0.717) is 23.5 Å². The molecule has 9 nitrogen and oxygen atoms in total. The first-order valence-corrected chi connectivity index (χ1v) is 9.89. The minimum Gasteiger partial charge on any atom is -0.394 e. The third-order valence-corrected chi connectivity index (χ3v) is 5.17. The number of benzene rings is 1. The fourth-order valence-corrected chi connectivity index (χ4v) is 3.52. The van der Waals surface area contributed by atoms with Crippen LogP contribution in [-0.4, -0.2) is 48.5 Å². The molecule has 2 aromatic heterocycles. The molecule has 4 rings (SSSR count). The zero-order valence-corrected chi connectivity index (χ0v) is 16.3. The highest BCUT2D eigenvalue weighted by atomic mass is 16.5. The number of aryl methyl sites for hydroxylation is 1. The molecule has 0 saturated carbocycles. The molecule has 1 aliphatic heterocycles. The predicted octanol–water partition coefficient (Wildman–Crippen LogP) is 2.14. The summed E-state index contributed by atoms with van der Waals surface area (Å²) in [6, 6.07) is 8.17. The number of ether oxygens (including phenoxy) is 1. The maximum Gasteiger partial charge on any atom is 0.231 e. The Kier molecular flexibility index (Phi) is 5.61. The lowest BCUT2D eigenvalue weighted by atomic mass is 10.1. The average molecular weight is 398 g/mol. The zero-order chi connectivity index (χ0) is 20.4. The summed E-state index contributed by atoms with van der Waals surface area (Å²) < 4.78 is 7.43. The van der Waals surface area contributed by atoms with E-state index in [1.165, 1.54) is 18.4 Å². The van der Waals surface area contributed by atoms with Crippen molar-refractivity contribution >= 4 is 28.6 Å². The molecular weight excluding hydrogens is 372 g/mol. The number of nitrogens with two attached hydrogens (primary N) is 1. The average Bonchev–Trinajstić information content (AvgIpc) is 3.30. The van der Waals surface area contributed by atoms with Gasteiger partial charge in [0.15, 0.2) is 11.5 Å². The maximum atomic E-state index is 10.0. The van der Waals surface area contributed by atoms with E-state index in [9.17, 15) is 10.2 Å². The molecule has 1 saturated heterocycles. The number of anilines is 3. The summed E-state index contributed by atoms with van der Waals surface area (Å²) in [5, 5.41) is 22.5. The highest BCUT2D eigenvalue weighted by Crippen LogP contribution is 2.32. The van der Waals surface area contributed by atoms with Crippen molar-refractivity contribution in [3.05, 3.63) is 36.2 Å². The molecule has 9 heteroatoms. The van der Waals surface area contributed by atoms with Crippen LogP contribution in [0.4, 0.5) is 17.5 Å². The fourth-order valence-electron chi connectivity index (χ4n) is 3.52. The Morgan fingerprint density at radius 3 is 2.76 bits per heavy atom. The van der Waals surface area contributed by atoms with Crippen molar-refractivity contribution < 1.29 is 14.9 Å². The molecule has 0 bridgehead atoms. The highest BCUT2D eigenvalue weighted by molar-refractivity contribution is 5.83. The van der Waals surface area contributed by atoms with Gasteiger partial charge in [0.05, 0.1) is 19.0 Å². The Morgan fingerprint density at radius 1 is 1.28 bits per heavy atom. The van der Waals surface area contributed by atoms with Crippen molar-refractivity contribution in [3.8, 4) is 0 Å². The van der Waals surface area contributed by atoms with Gasteiger partial charge < -0.3 is 26.0 Å². The van der Waals surface area contributed by atoms with Crippen LogP contribution < -0.4 is 11.1 Å². The molecule has 3 atom stereocenters. The second kappa shape index (κ2) is 8.32. The lowest BCUT2D eigenvalue weighted by molar-refractivity contribution is -0.0432. The van der Waals surface area contributed by atoms with Crippen molar-refractivity contribution in [2.24, 2.45) is 0 Å². The number of unbranched alkanes of at least 4 members (excludes halogenated alkanes) is 1. The first-order valence-electron chi connectivity index (χ1n) is 9.89. The van der Waals surface area contributed by atoms with Crippen LogP contribution in [-0.2, 0) is 11.2 Å². The Labute approximate surface area is 168 Å². The van der Waals surface area contributed by atoms with Crippen molar-refractivity contribution in [1.82, 2.24) is 19.5 Å². The minimum atomic E-state index is -0.745. The van der Waals surface area contributed by atoms with Gasteiger partial charge in [-0.25, -0.2) is 4.98 Å². The number of aliphatic hydroxyl groups excluding tert-OH is 2. The lowest BCUT2D eigenvalue weighted by Crippen LogP contribution is -2.24. The van der Waals surface area contributed by atoms with Gasteiger partial charge in [-0.1, -0.05) is 25.5 Å². The molecule has 0 amide bonds. The molecule has 1 aliphatic rings. The summed E-state index contributed by atoms with van der Waals surface area (Å²) in [5.74, 6) is 0.614. The summed E-state index contributed by atoms with van der Waals surface area (Å²) in [5.41, 5.74) is 9.22. The van der Waals surface area contributed by atoms with E-state index in [1.54, 1.807) is 10.9 Å². The van der Waals surface area contributed by atoms with Crippen LogP contribution in [0.25, 0.3) is 11.2 Å². The molecule has 1 fully saturated rings. The number of hydrogen-bond acceptors (Lipinski definition) is 8. The third-order valence-electron chi connectivity index (χ3n) is 5.17. The lowest BCUT2D eigenvalue weighted by Gasteiger charge is -2.14. The first-order chi connectivity index (χ1) is 14.1. The number of hydrogen-bond donors (Lipinski definition) is 4. The molecule has 1 aromatic carbocycles. The molecule has 154 valence electrons. The van der Waals surface area contributed by atoms with Gasteiger partial charge in [-0.15, -0.1) is 0 Å². The van der Waals surface area contributed by atoms with E-state index in [1.807, 2.05) is 12.1 Å². The van der Waals surface area contributed by atoms with Gasteiger partial charge in [-0.2, -0.15) is 9.97 Å². The van der Waals surface area contributed by atoms with E-state index in [4.69, 9.17) is 10.5 Å². The van der Waals surface area contributed by atoms with Crippen LogP contribution in [0.1, 0.15) is 38.0 Å². The standard InChI is InChI=1S/C20H26N6O3/c1-2-3-4-12-5-7-13(8-6-12)23-20-24-18(21)17-19(25-20)26(11-22-17)16-9-14(28)15(10-27)29-16/h5-8,11,14-16,27-28H,2-4,9-10H2,1H3,(H3,21,23,24,25)/t14-,15+,16+/m1/s1. The topological polar surface area (TPSA) is 131 Å². The number of aromatic nitrogens is 4. The Hall–Kier alpha value is -2.75. The molecule has 29 heavy (non-hydrogen) atoms. The molecule has 0 unspecified atom stereocenters. The number of rotatable bonds is 7. The molecule has 5 N–H and O–H groups in total. The van der Waals surface area contributed by atoms with Gasteiger partial charge >= 0.3 is 0 Å². The van der Waals surface area contributed by atoms with Gasteiger partial charge in [0.25, 0.3) is 0 Å². The van der Waals surface area contributed by atoms with Crippen molar-refractivity contribution in [2.75, 3.05) is 17.7 Å². The van der Waals surface area contributed by atoms with Crippen molar-refractivity contribution in [2.45, 2.75) is 51.0 Å². The van der Waals surface area contributed by atoms with Gasteiger partial charge in [0, 0.05) is 12.1 Å². The Bertz CT molecular complexity index is 974. The van der Waals surface area contributed by atoms with Crippen LogP contribution in [0.15, 0.2) is 30.6 Å². The van der Waals surface area contributed by atoms with Crippen LogP contribution in [0.2, 0.25) is 0 Å². The summed E-state index contributed by atoms with van der Waals surface area (Å²) in [6.45, 7) is 1.93. The van der Waals surface area contributed by atoms with E-state index >= 15 is 0 Å². The maximum absolute atomic E-state index is 10.0. The number of nitrogens with one attached hydrogen (secondary N) is 1. The first kappa shape index (κ1) is 19.6. The Morgan fingerprint density at radius 2 is 2.07 bits per heavy atom. The summed E-state index contributed by atoms with van der Waals surface area (Å²) in [6.07, 6.45) is 3.46. The number of nitrogen functional groups attached to an aromatic ring is 1. The number of nitrogens with zero attached hydrogens (tertiary/aromatic N) is 4. The van der Waals surface area contributed by atoms with E-state index < -0.39 is 18.4 Å². The number of fused-ring (bicyclic) bond motifs is 1. The van der Waals surface area contributed by atoms with Crippen LogP contribution in [0.3, 0.4) is 0 Å². The van der Waals surface area contributed by atoms with Crippen LogP contribution >= 0.6 is 0 Å². The number of imidazole rings is 1. The summed E-state index contributed by atoms with van der Waals surface area (Å²) >= 11 is 0. The smallest absolute Gasteiger partial charge is 0.231 e. The van der Waals surface area contributed by atoms with E-state index in [2.05, 4.69) is 39.3 Å². The SMILES string of the molecule is CCCCc1ccc(Nc2nc(N)c3ncn([C@@H]4C[C@@H](O)[C@H](CO)O4)c3n2)cc1. The van der Waals surface area contributed by atoms with Crippen LogP contribution in [0.5, 0.6) is 0 Å². The fraction of sp³-hybridized carbons (Fsp3) is 0.450. The minimum absolute atomic E-state index is 0.248. The molecule has 0 aliphatic carbocycles. The molecule has 3 aromatic rings.